The van der Waals surface area contributed by atoms with E-state index in [0.29, 0.717) is 36.5 Å². The summed E-state index contributed by atoms with van der Waals surface area (Å²) < 4.78 is 11.0. The van der Waals surface area contributed by atoms with Crippen LogP contribution in [0.5, 0.6) is 5.75 Å². The van der Waals surface area contributed by atoms with Gasteiger partial charge in [0.2, 0.25) is 5.88 Å². The summed E-state index contributed by atoms with van der Waals surface area (Å²) in [6.07, 6.45) is 3.55. The molecule has 3 rings (SSSR count). The largest absolute Gasteiger partial charge is 0.490 e. The number of nitrogens with two attached hydrogens (primary N) is 1. The lowest BCUT2D eigenvalue weighted by Crippen LogP contribution is -2.27. The number of nitriles is 1. The van der Waals surface area contributed by atoms with Crippen molar-refractivity contribution in [2.75, 3.05) is 6.61 Å². The number of rotatable bonds is 4. The third-order valence-electron chi connectivity index (χ3n) is 4.19. The highest BCUT2D eigenvalue weighted by Gasteiger charge is 2.37. The molecule has 0 radical (unpaired) electrons. The highest BCUT2D eigenvalue weighted by molar-refractivity contribution is 5.99. The molecule has 24 heavy (non-hydrogen) atoms. The van der Waals surface area contributed by atoms with Gasteiger partial charge in [0.25, 0.3) is 0 Å². The Bertz CT molecular complexity index is 782. The average molecular weight is 322 g/mol. The summed E-state index contributed by atoms with van der Waals surface area (Å²) in [5.41, 5.74) is 7.59. The Balaban J connectivity index is 2.02. The van der Waals surface area contributed by atoms with Crippen molar-refractivity contribution >= 4 is 5.78 Å². The van der Waals surface area contributed by atoms with Crippen molar-refractivity contribution in [1.29, 1.82) is 5.26 Å². The summed E-state index contributed by atoms with van der Waals surface area (Å²) in [6.45, 7) is 4.03. The number of nitrogens with zero attached hydrogens (tertiary/aromatic N) is 1. The van der Waals surface area contributed by atoms with Gasteiger partial charge in [0.1, 0.15) is 29.8 Å². The maximum atomic E-state index is 12.4. The molecule has 122 valence electrons. The van der Waals surface area contributed by atoms with Crippen molar-refractivity contribution in [3.05, 3.63) is 65.3 Å². The Kier molecular flexibility index (Phi) is 4.39. The zero-order valence-electron chi connectivity index (χ0n) is 13.2. The lowest BCUT2D eigenvalue weighted by Gasteiger charge is -2.31. The Morgan fingerprint density at radius 3 is 2.79 bits per heavy atom. The van der Waals surface area contributed by atoms with Crippen molar-refractivity contribution < 1.29 is 14.3 Å². The second kappa shape index (κ2) is 6.63. The van der Waals surface area contributed by atoms with E-state index in [4.69, 9.17) is 15.2 Å². The van der Waals surface area contributed by atoms with Crippen LogP contribution >= 0.6 is 0 Å². The molecule has 1 atom stereocenters. The van der Waals surface area contributed by atoms with Gasteiger partial charge in [-0.25, -0.2) is 0 Å². The van der Waals surface area contributed by atoms with Crippen molar-refractivity contribution in [2.45, 2.75) is 25.2 Å². The fraction of sp³-hybridized carbons (Fsp3) is 0.263. The van der Waals surface area contributed by atoms with E-state index in [1.807, 2.05) is 24.3 Å². The van der Waals surface area contributed by atoms with Gasteiger partial charge in [-0.15, -0.1) is 0 Å². The molecule has 2 aliphatic rings. The molecule has 0 fully saturated rings. The van der Waals surface area contributed by atoms with E-state index >= 15 is 0 Å². The van der Waals surface area contributed by atoms with Gasteiger partial charge in [-0.3, -0.25) is 4.79 Å². The topological polar surface area (TPSA) is 85.3 Å². The zero-order valence-corrected chi connectivity index (χ0v) is 13.2. The fourth-order valence-corrected chi connectivity index (χ4v) is 3.10. The van der Waals surface area contributed by atoms with Crippen molar-refractivity contribution in [3.63, 3.8) is 0 Å². The van der Waals surface area contributed by atoms with Gasteiger partial charge in [0, 0.05) is 18.4 Å². The Morgan fingerprint density at radius 1 is 1.38 bits per heavy atom. The van der Waals surface area contributed by atoms with E-state index in [0.717, 1.165) is 12.0 Å². The molecule has 5 heteroatoms. The van der Waals surface area contributed by atoms with Crippen LogP contribution in [0.4, 0.5) is 0 Å². The van der Waals surface area contributed by atoms with Crippen LogP contribution in [0.25, 0.3) is 0 Å². The number of carbonyl (C=O) groups is 1. The number of ketones is 1. The van der Waals surface area contributed by atoms with Crippen LogP contribution < -0.4 is 10.5 Å². The Labute approximate surface area is 140 Å². The lowest BCUT2D eigenvalue weighted by molar-refractivity contribution is -0.116. The maximum Gasteiger partial charge on any atom is 0.205 e. The first-order valence-corrected chi connectivity index (χ1v) is 7.83. The number of Topliss-reactive ketones (excluding diaryl/α,β-unsaturated/α-hetero) is 1. The van der Waals surface area contributed by atoms with Crippen LogP contribution in [0, 0.1) is 11.3 Å². The normalized spacial score (nSPS) is 20.1. The molecule has 0 amide bonds. The predicted octanol–water partition coefficient (Wildman–Crippen LogP) is 3.07. The molecule has 0 unspecified atom stereocenters. The average Bonchev–Trinajstić information content (AvgIpc) is 2.59. The van der Waals surface area contributed by atoms with Gasteiger partial charge in [-0.1, -0.05) is 24.8 Å². The SMILES string of the molecule is C=CCOc1ccc([C@@H]2C(C#N)=C(N)OC3=C2C(=O)CCC3)cc1. The first-order chi connectivity index (χ1) is 11.7. The molecule has 1 aromatic rings. The smallest absolute Gasteiger partial charge is 0.205 e. The first kappa shape index (κ1) is 15.9. The summed E-state index contributed by atoms with van der Waals surface area (Å²) >= 11 is 0. The molecular formula is C19H18N2O3. The lowest BCUT2D eigenvalue weighted by atomic mass is 9.77. The summed E-state index contributed by atoms with van der Waals surface area (Å²) in [5.74, 6) is 0.932. The quantitative estimate of drug-likeness (QED) is 0.861. The van der Waals surface area contributed by atoms with Crippen LogP contribution in [-0.2, 0) is 9.53 Å². The van der Waals surface area contributed by atoms with Crippen molar-refractivity contribution in [3.8, 4) is 11.8 Å². The number of allylic oxidation sites excluding steroid dienone is 3. The fourth-order valence-electron chi connectivity index (χ4n) is 3.10. The molecule has 2 N–H and O–H groups in total. The summed E-state index contributed by atoms with van der Waals surface area (Å²) in [4.78, 5) is 12.4. The predicted molar refractivity (Wildman–Crippen MR) is 88.7 cm³/mol. The van der Waals surface area contributed by atoms with Crippen LogP contribution in [0.3, 0.4) is 0 Å². The molecule has 1 heterocycles. The third kappa shape index (κ3) is 2.79. The van der Waals surface area contributed by atoms with Gasteiger partial charge in [-0.2, -0.15) is 5.26 Å². The highest BCUT2D eigenvalue weighted by atomic mass is 16.5. The molecule has 0 spiro atoms. The van der Waals surface area contributed by atoms with E-state index in [9.17, 15) is 10.1 Å². The third-order valence-corrected chi connectivity index (χ3v) is 4.19. The molecule has 0 saturated heterocycles. The molecule has 5 nitrogen and oxygen atoms in total. The number of hydrogen-bond acceptors (Lipinski definition) is 5. The summed E-state index contributed by atoms with van der Waals surface area (Å²) in [6, 6.07) is 9.43. The van der Waals surface area contributed by atoms with Gasteiger partial charge >= 0.3 is 0 Å². The second-order valence-corrected chi connectivity index (χ2v) is 5.71. The standard InChI is InChI=1S/C19H18N2O3/c1-2-10-23-13-8-6-12(7-9-13)17-14(11-20)19(21)24-16-5-3-4-15(22)18(16)17/h2,6-9,17H,1,3-5,10,21H2/t17-/m1/s1. The Morgan fingerprint density at radius 2 is 2.12 bits per heavy atom. The van der Waals surface area contributed by atoms with Crippen molar-refractivity contribution in [2.24, 2.45) is 5.73 Å². The number of benzene rings is 1. The van der Waals surface area contributed by atoms with Gasteiger partial charge < -0.3 is 15.2 Å². The first-order valence-electron chi connectivity index (χ1n) is 7.83. The minimum absolute atomic E-state index is 0.0217. The molecule has 0 bridgehead atoms. The van der Waals surface area contributed by atoms with E-state index in [2.05, 4.69) is 12.6 Å². The van der Waals surface area contributed by atoms with Crippen molar-refractivity contribution in [1.82, 2.24) is 0 Å². The summed E-state index contributed by atoms with van der Waals surface area (Å²) in [5, 5.41) is 9.50. The summed E-state index contributed by atoms with van der Waals surface area (Å²) in [7, 11) is 0. The van der Waals surface area contributed by atoms with Crippen LogP contribution in [-0.4, -0.2) is 12.4 Å². The molecule has 0 aromatic heterocycles. The molecular weight excluding hydrogens is 304 g/mol. The molecule has 1 aliphatic carbocycles. The molecule has 0 saturated carbocycles. The molecule has 1 aliphatic heterocycles. The number of ether oxygens (including phenoxy) is 2. The van der Waals surface area contributed by atoms with E-state index in [1.165, 1.54) is 0 Å². The monoisotopic (exact) mass is 322 g/mol. The second-order valence-electron chi connectivity index (χ2n) is 5.71. The number of carbonyl (C=O) groups excluding carboxylic acids is 1. The minimum Gasteiger partial charge on any atom is -0.490 e. The maximum absolute atomic E-state index is 12.4. The minimum atomic E-state index is -0.472. The van der Waals surface area contributed by atoms with E-state index in [1.54, 1.807) is 6.08 Å². The zero-order chi connectivity index (χ0) is 17.1. The van der Waals surface area contributed by atoms with Crippen LogP contribution in [0.1, 0.15) is 30.7 Å². The van der Waals surface area contributed by atoms with Crippen LogP contribution in [0.15, 0.2) is 59.7 Å². The highest BCUT2D eigenvalue weighted by Crippen LogP contribution is 2.43. The number of hydrogen-bond donors (Lipinski definition) is 1. The van der Waals surface area contributed by atoms with Gasteiger partial charge in [0.05, 0.1) is 5.92 Å². The van der Waals surface area contributed by atoms with E-state index < -0.39 is 5.92 Å². The molecule has 1 aromatic carbocycles. The van der Waals surface area contributed by atoms with Gasteiger partial charge in [-0.05, 0) is 24.1 Å². The van der Waals surface area contributed by atoms with Crippen LogP contribution in [0.2, 0.25) is 0 Å². The van der Waals surface area contributed by atoms with E-state index in [-0.39, 0.29) is 17.2 Å². The Hall–Kier alpha value is -3.00. The van der Waals surface area contributed by atoms with Gasteiger partial charge in [0.15, 0.2) is 5.78 Å².